The molecule has 0 spiro atoms. The number of furan rings is 1. The zero-order chi connectivity index (χ0) is 8.39. The molecule has 0 atom stereocenters. The van der Waals surface area contributed by atoms with Gasteiger partial charge in [0.1, 0.15) is 0 Å². The molecular formula is C11H9O. The van der Waals surface area contributed by atoms with E-state index in [1.807, 2.05) is 18.2 Å². The Hall–Kier alpha value is -1.50. The maximum Gasteiger partial charge on any atom is 0.177 e. The van der Waals surface area contributed by atoms with Crippen LogP contribution in [0, 0.1) is 13.2 Å². The standard InChI is InChI=1S/C11H9O/c1-9-3-2-4-10(7-9)11-5-6-12-8-11/h2-7H,1H3. The second kappa shape index (κ2) is 2.86. The van der Waals surface area contributed by atoms with Crippen molar-refractivity contribution in [1.29, 1.82) is 0 Å². The summed E-state index contributed by atoms with van der Waals surface area (Å²) in [6.07, 6.45) is 4.44. The second-order valence-corrected chi connectivity index (χ2v) is 2.81. The summed E-state index contributed by atoms with van der Waals surface area (Å²) in [4.78, 5) is 0. The van der Waals surface area contributed by atoms with Crippen molar-refractivity contribution in [3.05, 3.63) is 48.4 Å². The number of hydrogen-bond donors (Lipinski definition) is 0. The van der Waals surface area contributed by atoms with Gasteiger partial charge in [0.15, 0.2) is 6.26 Å². The van der Waals surface area contributed by atoms with Gasteiger partial charge in [0, 0.05) is 5.56 Å². The minimum atomic E-state index is 1.01. The van der Waals surface area contributed by atoms with Crippen LogP contribution in [0.25, 0.3) is 11.1 Å². The van der Waals surface area contributed by atoms with Crippen LogP contribution in [0.5, 0.6) is 0 Å². The Morgan fingerprint density at radius 1 is 1.25 bits per heavy atom. The Bertz CT molecular complexity index is 360. The zero-order valence-electron chi connectivity index (χ0n) is 6.87. The lowest BCUT2D eigenvalue weighted by molar-refractivity contribution is 0.559. The maximum absolute atomic E-state index is 4.88. The van der Waals surface area contributed by atoms with Crippen molar-refractivity contribution in [2.45, 2.75) is 6.92 Å². The van der Waals surface area contributed by atoms with Crippen LogP contribution in [-0.2, 0) is 0 Å². The van der Waals surface area contributed by atoms with Gasteiger partial charge in [-0.15, -0.1) is 0 Å². The molecule has 0 aliphatic carbocycles. The van der Waals surface area contributed by atoms with E-state index in [2.05, 4.69) is 25.3 Å². The van der Waals surface area contributed by atoms with Crippen molar-refractivity contribution in [1.82, 2.24) is 0 Å². The largest absolute Gasteiger partial charge is 0.460 e. The number of rotatable bonds is 1. The molecule has 0 amide bonds. The fourth-order valence-electron chi connectivity index (χ4n) is 1.20. The number of hydrogen-bond acceptors (Lipinski definition) is 1. The minimum Gasteiger partial charge on any atom is -0.460 e. The van der Waals surface area contributed by atoms with E-state index in [0.717, 1.165) is 11.1 Å². The van der Waals surface area contributed by atoms with E-state index in [-0.39, 0.29) is 0 Å². The third-order valence-electron chi connectivity index (χ3n) is 1.80. The molecule has 0 aliphatic heterocycles. The van der Waals surface area contributed by atoms with E-state index in [1.165, 1.54) is 5.56 Å². The number of benzene rings is 1. The molecule has 59 valence electrons. The first-order chi connectivity index (χ1) is 5.86. The van der Waals surface area contributed by atoms with Gasteiger partial charge in [-0.3, -0.25) is 0 Å². The average molecular weight is 157 g/mol. The highest BCUT2D eigenvalue weighted by atomic mass is 16.3. The lowest BCUT2D eigenvalue weighted by Crippen LogP contribution is -1.75. The normalized spacial score (nSPS) is 10.1. The van der Waals surface area contributed by atoms with Crippen LogP contribution in [0.3, 0.4) is 0 Å². The van der Waals surface area contributed by atoms with Gasteiger partial charge in [-0.25, -0.2) is 0 Å². The van der Waals surface area contributed by atoms with Gasteiger partial charge in [-0.2, -0.15) is 0 Å². The first kappa shape index (κ1) is 7.17. The van der Waals surface area contributed by atoms with Gasteiger partial charge in [-0.05, 0) is 18.6 Å². The summed E-state index contributed by atoms with van der Waals surface area (Å²) in [5, 5.41) is 0. The van der Waals surface area contributed by atoms with Crippen molar-refractivity contribution in [2.75, 3.05) is 0 Å². The molecule has 0 saturated heterocycles. The van der Waals surface area contributed by atoms with Crippen LogP contribution < -0.4 is 0 Å². The van der Waals surface area contributed by atoms with Crippen LogP contribution in [0.1, 0.15) is 5.56 Å². The number of aryl methyl sites for hydroxylation is 1. The molecule has 1 heterocycles. The molecular weight excluding hydrogens is 148 g/mol. The van der Waals surface area contributed by atoms with Crippen LogP contribution in [0.15, 0.2) is 41.0 Å². The van der Waals surface area contributed by atoms with E-state index in [4.69, 9.17) is 4.42 Å². The van der Waals surface area contributed by atoms with E-state index >= 15 is 0 Å². The third kappa shape index (κ3) is 1.26. The van der Waals surface area contributed by atoms with Gasteiger partial charge in [-0.1, -0.05) is 29.8 Å². The van der Waals surface area contributed by atoms with E-state index in [0.29, 0.717) is 0 Å². The topological polar surface area (TPSA) is 13.1 Å². The molecule has 0 saturated carbocycles. The van der Waals surface area contributed by atoms with Crippen molar-refractivity contribution in [2.24, 2.45) is 0 Å². The van der Waals surface area contributed by atoms with Crippen molar-refractivity contribution in [3.63, 3.8) is 0 Å². The Kier molecular flexibility index (Phi) is 1.71. The predicted molar refractivity (Wildman–Crippen MR) is 47.7 cm³/mol. The summed E-state index contributed by atoms with van der Waals surface area (Å²) >= 11 is 0. The SMILES string of the molecule is Cc1cccc(-c2[c]occ2)c1. The molecule has 1 heteroatoms. The molecule has 2 rings (SSSR count). The third-order valence-corrected chi connectivity index (χ3v) is 1.80. The molecule has 1 radical (unpaired) electrons. The van der Waals surface area contributed by atoms with E-state index in [9.17, 15) is 0 Å². The highest BCUT2D eigenvalue weighted by molar-refractivity contribution is 5.61. The van der Waals surface area contributed by atoms with Crippen molar-refractivity contribution in [3.8, 4) is 11.1 Å². The summed E-state index contributed by atoms with van der Waals surface area (Å²) in [5.41, 5.74) is 3.42. The van der Waals surface area contributed by atoms with Gasteiger partial charge >= 0.3 is 0 Å². The highest BCUT2D eigenvalue weighted by Gasteiger charge is 1.98. The molecule has 0 aliphatic rings. The summed E-state index contributed by atoms with van der Waals surface area (Å²) < 4.78 is 4.88. The molecule has 0 N–H and O–H groups in total. The quantitative estimate of drug-likeness (QED) is 0.620. The second-order valence-electron chi connectivity index (χ2n) is 2.81. The molecule has 1 aromatic carbocycles. The lowest BCUT2D eigenvalue weighted by Gasteiger charge is -1.96. The summed E-state index contributed by atoms with van der Waals surface area (Å²) in [6, 6.07) is 10.2. The predicted octanol–water partition coefficient (Wildman–Crippen LogP) is 3.06. The minimum absolute atomic E-state index is 1.01. The molecule has 0 unspecified atom stereocenters. The fourth-order valence-corrected chi connectivity index (χ4v) is 1.20. The lowest BCUT2D eigenvalue weighted by atomic mass is 10.1. The van der Waals surface area contributed by atoms with Crippen LogP contribution >= 0.6 is 0 Å². The van der Waals surface area contributed by atoms with Crippen LogP contribution in [0.2, 0.25) is 0 Å². The Balaban J connectivity index is 2.48. The first-order valence-electron chi connectivity index (χ1n) is 3.88. The van der Waals surface area contributed by atoms with Crippen molar-refractivity contribution < 1.29 is 4.42 Å². The van der Waals surface area contributed by atoms with Crippen molar-refractivity contribution >= 4 is 0 Å². The Morgan fingerprint density at radius 3 is 2.83 bits per heavy atom. The van der Waals surface area contributed by atoms with Gasteiger partial charge in [0.2, 0.25) is 0 Å². The summed E-state index contributed by atoms with van der Waals surface area (Å²) in [7, 11) is 0. The van der Waals surface area contributed by atoms with Gasteiger partial charge < -0.3 is 4.42 Å². The molecule has 0 fully saturated rings. The molecule has 1 nitrogen and oxygen atoms in total. The molecule has 12 heavy (non-hydrogen) atoms. The fraction of sp³-hybridized carbons (Fsp3) is 0.0909. The Labute approximate surface area is 71.6 Å². The molecule has 0 bridgehead atoms. The first-order valence-corrected chi connectivity index (χ1v) is 3.88. The summed E-state index contributed by atoms with van der Waals surface area (Å²) in [6.45, 7) is 2.07. The van der Waals surface area contributed by atoms with E-state index in [1.54, 1.807) is 6.26 Å². The van der Waals surface area contributed by atoms with Gasteiger partial charge in [0.05, 0.1) is 6.26 Å². The zero-order valence-corrected chi connectivity index (χ0v) is 6.87. The smallest absolute Gasteiger partial charge is 0.177 e. The molecule has 2 aromatic rings. The monoisotopic (exact) mass is 157 g/mol. The van der Waals surface area contributed by atoms with Gasteiger partial charge in [0.25, 0.3) is 0 Å². The Morgan fingerprint density at radius 2 is 2.17 bits per heavy atom. The van der Waals surface area contributed by atoms with E-state index < -0.39 is 0 Å². The molecule has 1 aromatic heterocycles. The average Bonchev–Trinajstić information content (AvgIpc) is 2.56. The summed E-state index contributed by atoms with van der Waals surface area (Å²) in [5.74, 6) is 0. The maximum atomic E-state index is 4.88. The van der Waals surface area contributed by atoms with Crippen LogP contribution in [-0.4, -0.2) is 0 Å². The highest BCUT2D eigenvalue weighted by Crippen LogP contribution is 2.19. The van der Waals surface area contributed by atoms with Crippen LogP contribution in [0.4, 0.5) is 0 Å².